The van der Waals surface area contributed by atoms with Gasteiger partial charge in [-0.05, 0) is 22.1 Å². The number of rotatable bonds is 4. The summed E-state index contributed by atoms with van der Waals surface area (Å²) in [6.07, 6.45) is 1.04. The van der Waals surface area contributed by atoms with E-state index in [1.807, 2.05) is 0 Å². The molecule has 0 nitrogen and oxygen atoms in total. The maximum atomic E-state index is 3.94. The number of thioether (sulfide) groups is 1. The Labute approximate surface area is 68.4 Å². The van der Waals surface area contributed by atoms with Crippen LogP contribution >= 0.6 is 11.8 Å². The van der Waals surface area contributed by atoms with E-state index in [1.54, 1.807) is 11.8 Å². The highest BCUT2D eigenvalue weighted by Gasteiger charge is 2.01. The minimum atomic E-state index is 0.563. The molecule has 58 valence electrons. The molecule has 0 saturated heterocycles. The van der Waals surface area contributed by atoms with Crippen molar-refractivity contribution in [2.24, 2.45) is 5.92 Å². The molecule has 0 spiro atoms. The first-order valence-corrected chi connectivity index (χ1v) is 4.44. The van der Waals surface area contributed by atoms with E-state index in [-0.39, 0.29) is 0 Å². The molecule has 0 N–H and O–H groups in total. The Hall–Kier alpha value is -0.170. The molecule has 0 bridgehead atoms. The average Bonchev–Trinajstić information content (AvgIpc) is 1.87. The number of hydrogen-bond donors (Lipinski definition) is 0. The molecule has 1 heteroatoms. The molecule has 10 heavy (non-hydrogen) atoms. The minimum Gasteiger partial charge on any atom is -0.1000 e. The molecule has 0 atom stereocenters. The molecule has 0 aromatic rings. The SMILES string of the molecule is C=C(CC)SC(=C)C(C)C. The van der Waals surface area contributed by atoms with Crippen LogP contribution in [0.25, 0.3) is 0 Å². The first-order chi connectivity index (χ1) is 4.57. The van der Waals surface area contributed by atoms with Crippen LogP contribution in [0.2, 0.25) is 0 Å². The third kappa shape index (κ3) is 3.78. The Bertz CT molecular complexity index is 134. The largest absolute Gasteiger partial charge is 0.1000 e. The van der Waals surface area contributed by atoms with Gasteiger partial charge in [-0.3, -0.25) is 0 Å². The monoisotopic (exact) mass is 156 g/mol. The lowest BCUT2D eigenvalue weighted by molar-refractivity contribution is 0.820. The maximum absolute atomic E-state index is 3.94. The quantitative estimate of drug-likeness (QED) is 0.596. The molecule has 0 radical (unpaired) electrons. The third-order valence-electron chi connectivity index (χ3n) is 1.31. The number of hydrogen-bond acceptors (Lipinski definition) is 1. The average molecular weight is 156 g/mol. The van der Waals surface area contributed by atoms with Crippen molar-refractivity contribution in [3.8, 4) is 0 Å². The Morgan fingerprint density at radius 1 is 1.40 bits per heavy atom. The smallest absolute Gasteiger partial charge is 0.0152 e. The van der Waals surface area contributed by atoms with Crippen LogP contribution in [0.4, 0.5) is 0 Å². The van der Waals surface area contributed by atoms with E-state index in [1.165, 1.54) is 9.81 Å². The van der Waals surface area contributed by atoms with E-state index < -0.39 is 0 Å². The summed E-state index contributed by atoms with van der Waals surface area (Å²) in [4.78, 5) is 2.42. The van der Waals surface area contributed by atoms with Crippen LogP contribution in [-0.2, 0) is 0 Å². The van der Waals surface area contributed by atoms with Crippen LogP contribution < -0.4 is 0 Å². The molecule has 0 amide bonds. The summed E-state index contributed by atoms with van der Waals surface area (Å²) in [7, 11) is 0. The van der Waals surface area contributed by atoms with E-state index in [9.17, 15) is 0 Å². The van der Waals surface area contributed by atoms with Crippen LogP contribution in [0.3, 0.4) is 0 Å². The fourth-order valence-electron chi connectivity index (χ4n) is 0.375. The van der Waals surface area contributed by atoms with Crippen molar-refractivity contribution < 1.29 is 0 Å². The van der Waals surface area contributed by atoms with Gasteiger partial charge in [0.2, 0.25) is 0 Å². The van der Waals surface area contributed by atoms with Gasteiger partial charge in [0.15, 0.2) is 0 Å². The minimum absolute atomic E-state index is 0.563. The molecule has 0 heterocycles. The zero-order valence-corrected chi connectivity index (χ0v) is 7.92. The summed E-state index contributed by atoms with van der Waals surface area (Å²) in [5, 5.41) is 0. The van der Waals surface area contributed by atoms with E-state index in [4.69, 9.17) is 0 Å². The summed E-state index contributed by atoms with van der Waals surface area (Å²) in [6.45, 7) is 14.3. The second-order valence-corrected chi connectivity index (χ2v) is 3.92. The van der Waals surface area contributed by atoms with E-state index in [0.717, 1.165) is 6.42 Å². The molecule has 0 aromatic heterocycles. The molecule has 0 fully saturated rings. The summed E-state index contributed by atoms with van der Waals surface area (Å²) < 4.78 is 0. The predicted molar refractivity (Wildman–Crippen MR) is 51.0 cm³/mol. The van der Waals surface area contributed by atoms with Gasteiger partial charge < -0.3 is 0 Å². The molecule has 0 aliphatic carbocycles. The maximum Gasteiger partial charge on any atom is -0.0152 e. The van der Waals surface area contributed by atoms with Gasteiger partial charge in [-0.25, -0.2) is 0 Å². The summed E-state index contributed by atoms with van der Waals surface area (Å²) >= 11 is 1.72. The second-order valence-electron chi connectivity index (χ2n) is 2.62. The lowest BCUT2D eigenvalue weighted by atomic mass is 10.2. The summed E-state index contributed by atoms with van der Waals surface area (Å²) in [5.74, 6) is 0.563. The molecule has 0 rings (SSSR count). The molecule has 0 aromatic carbocycles. The Balaban J connectivity index is 3.69. The van der Waals surface area contributed by atoms with Crippen LogP contribution in [0.5, 0.6) is 0 Å². The van der Waals surface area contributed by atoms with Crippen molar-refractivity contribution in [3.05, 3.63) is 23.0 Å². The lowest BCUT2D eigenvalue weighted by Crippen LogP contribution is -1.86. The van der Waals surface area contributed by atoms with E-state index in [2.05, 4.69) is 33.9 Å². The topological polar surface area (TPSA) is 0 Å². The zero-order chi connectivity index (χ0) is 8.15. The summed E-state index contributed by atoms with van der Waals surface area (Å²) in [5.41, 5.74) is 0. The lowest BCUT2D eigenvalue weighted by Gasteiger charge is -2.08. The molecular weight excluding hydrogens is 140 g/mol. The highest BCUT2D eigenvalue weighted by Crippen LogP contribution is 2.29. The van der Waals surface area contributed by atoms with Gasteiger partial charge in [0.1, 0.15) is 0 Å². The van der Waals surface area contributed by atoms with Crippen molar-refractivity contribution in [1.82, 2.24) is 0 Å². The fraction of sp³-hybridized carbons (Fsp3) is 0.556. The molecule has 0 aliphatic rings. The second kappa shape index (κ2) is 4.62. The molecule has 0 unspecified atom stereocenters. The van der Waals surface area contributed by atoms with Gasteiger partial charge in [0, 0.05) is 0 Å². The van der Waals surface area contributed by atoms with Crippen molar-refractivity contribution in [1.29, 1.82) is 0 Å². The predicted octanol–water partition coefficient (Wildman–Crippen LogP) is 3.81. The molecular formula is C9H16S. The Kier molecular flexibility index (Phi) is 4.54. The highest BCUT2D eigenvalue weighted by molar-refractivity contribution is 8.06. The van der Waals surface area contributed by atoms with Crippen LogP contribution in [0.1, 0.15) is 27.2 Å². The summed E-state index contributed by atoms with van der Waals surface area (Å²) in [6, 6.07) is 0. The molecule has 0 saturated carbocycles. The molecule has 0 aliphatic heterocycles. The van der Waals surface area contributed by atoms with Gasteiger partial charge >= 0.3 is 0 Å². The van der Waals surface area contributed by atoms with Crippen molar-refractivity contribution in [3.63, 3.8) is 0 Å². The van der Waals surface area contributed by atoms with Gasteiger partial charge in [-0.15, -0.1) is 0 Å². The van der Waals surface area contributed by atoms with Crippen LogP contribution in [-0.4, -0.2) is 0 Å². The fourth-order valence-corrected chi connectivity index (χ4v) is 1.13. The van der Waals surface area contributed by atoms with E-state index >= 15 is 0 Å². The van der Waals surface area contributed by atoms with Gasteiger partial charge in [0.05, 0.1) is 0 Å². The Morgan fingerprint density at radius 3 is 2.20 bits per heavy atom. The zero-order valence-electron chi connectivity index (χ0n) is 7.11. The van der Waals surface area contributed by atoms with Crippen molar-refractivity contribution in [2.75, 3.05) is 0 Å². The standard InChI is InChI=1S/C9H16S/c1-6-8(4)10-9(5)7(2)3/h7H,4-6H2,1-3H3. The van der Waals surface area contributed by atoms with Gasteiger partial charge in [-0.2, -0.15) is 0 Å². The van der Waals surface area contributed by atoms with Gasteiger partial charge in [0.25, 0.3) is 0 Å². The van der Waals surface area contributed by atoms with Crippen molar-refractivity contribution >= 4 is 11.8 Å². The van der Waals surface area contributed by atoms with Crippen LogP contribution in [0.15, 0.2) is 23.0 Å². The third-order valence-corrected chi connectivity index (χ3v) is 2.62. The van der Waals surface area contributed by atoms with Gasteiger partial charge in [-0.1, -0.05) is 45.7 Å². The normalized spacial score (nSPS) is 10.0. The highest BCUT2D eigenvalue weighted by atomic mass is 32.2. The van der Waals surface area contributed by atoms with Crippen molar-refractivity contribution in [2.45, 2.75) is 27.2 Å². The Morgan fingerprint density at radius 2 is 1.90 bits per heavy atom. The number of allylic oxidation sites excluding steroid dienone is 2. The van der Waals surface area contributed by atoms with E-state index in [0.29, 0.717) is 5.92 Å². The van der Waals surface area contributed by atoms with Crippen LogP contribution in [0, 0.1) is 5.92 Å². The first kappa shape index (κ1) is 9.83. The first-order valence-electron chi connectivity index (χ1n) is 3.62.